The molecule has 1 rings (SSSR count). The Morgan fingerprint density at radius 3 is 2.50 bits per heavy atom. The molecule has 5 heteroatoms. The van der Waals surface area contributed by atoms with E-state index in [-0.39, 0.29) is 5.70 Å². The van der Waals surface area contributed by atoms with Crippen molar-refractivity contribution >= 4 is 5.70 Å². The topological polar surface area (TPSA) is 78.4 Å². The Bertz CT molecular complexity index is 357. The number of rotatable bonds is 3. The van der Waals surface area contributed by atoms with Gasteiger partial charge in [-0.3, -0.25) is 10.1 Å². The van der Waals surface area contributed by atoms with Crippen molar-refractivity contribution in [3.8, 4) is 5.75 Å². The van der Waals surface area contributed by atoms with Crippen LogP contribution in [0.25, 0.3) is 5.70 Å². The van der Waals surface area contributed by atoms with Gasteiger partial charge in [0.05, 0.1) is 12.0 Å². The van der Waals surface area contributed by atoms with Crippen LogP contribution in [0.15, 0.2) is 30.5 Å². The van der Waals surface area contributed by atoms with Crippen molar-refractivity contribution in [2.24, 2.45) is 5.73 Å². The standard InChI is InChI=1S/C9H10N2O3/c1-14-8-4-2-7(3-5-8)9(10)6-11(12)13/h2-6H,10H2,1H3. The van der Waals surface area contributed by atoms with E-state index in [2.05, 4.69) is 0 Å². The van der Waals surface area contributed by atoms with E-state index in [4.69, 9.17) is 10.5 Å². The van der Waals surface area contributed by atoms with Crippen molar-refractivity contribution < 1.29 is 9.66 Å². The molecule has 0 spiro atoms. The van der Waals surface area contributed by atoms with Crippen molar-refractivity contribution in [1.82, 2.24) is 0 Å². The monoisotopic (exact) mass is 194 g/mol. The fourth-order valence-electron chi connectivity index (χ4n) is 0.972. The molecule has 0 aliphatic rings. The third-order valence-corrected chi connectivity index (χ3v) is 1.67. The number of hydrogen-bond acceptors (Lipinski definition) is 4. The Morgan fingerprint density at radius 2 is 2.07 bits per heavy atom. The molecule has 0 saturated carbocycles. The SMILES string of the molecule is COc1ccc(C(N)=C[N+](=O)[O-])cc1. The van der Waals surface area contributed by atoms with Crippen LogP contribution in [-0.2, 0) is 0 Å². The Hall–Kier alpha value is -2.04. The fourth-order valence-corrected chi connectivity index (χ4v) is 0.972. The second-order valence-electron chi connectivity index (χ2n) is 2.60. The highest BCUT2D eigenvalue weighted by atomic mass is 16.6. The van der Waals surface area contributed by atoms with Gasteiger partial charge in [0.2, 0.25) is 0 Å². The van der Waals surface area contributed by atoms with Crippen molar-refractivity contribution in [3.05, 3.63) is 46.1 Å². The van der Waals surface area contributed by atoms with Crippen molar-refractivity contribution in [3.63, 3.8) is 0 Å². The van der Waals surface area contributed by atoms with Gasteiger partial charge in [0, 0.05) is 5.56 Å². The van der Waals surface area contributed by atoms with Crippen LogP contribution in [0.3, 0.4) is 0 Å². The van der Waals surface area contributed by atoms with Gasteiger partial charge in [-0.1, -0.05) is 0 Å². The molecule has 5 nitrogen and oxygen atoms in total. The minimum atomic E-state index is -0.584. The van der Waals surface area contributed by atoms with Crippen molar-refractivity contribution in [1.29, 1.82) is 0 Å². The van der Waals surface area contributed by atoms with Crippen LogP contribution in [0.4, 0.5) is 0 Å². The number of nitrogens with two attached hydrogens (primary N) is 1. The summed E-state index contributed by atoms with van der Waals surface area (Å²) in [5.41, 5.74) is 6.19. The van der Waals surface area contributed by atoms with Crippen LogP contribution in [0.2, 0.25) is 0 Å². The summed E-state index contributed by atoms with van der Waals surface area (Å²) in [6, 6.07) is 6.70. The van der Waals surface area contributed by atoms with Gasteiger partial charge in [0.15, 0.2) is 0 Å². The molecule has 0 aromatic heterocycles. The number of benzene rings is 1. The zero-order valence-electron chi connectivity index (χ0n) is 7.64. The van der Waals surface area contributed by atoms with E-state index in [1.807, 2.05) is 0 Å². The van der Waals surface area contributed by atoms with Crippen LogP contribution in [0.5, 0.6) is 5.75 Å². The summed E-state index contributed by atoms with van der Waals surface area (Å²) in [4.78, 5) is 9.55. The second kappa shape index (κ2) is 4.27. The highest BCUT2D eigenvalue weighted by Gasteiger charge is 2.01. The lowest BCUT2D eigenvalue weighted by Gasteiger charge is -2.01. The summed E-state index contributed by atoms with van der Waals surface area (Å²) in [7, 11) is 1.55. The maximum atomic E-state index is 10.1. The quantitative estimate of drug-likeness (QED) is 0.579. The molecule has 0 heterocycles. The fraction of sp³-hybridized carbons (Fsp3) is 0.111. The van der Waals surface area contributed by atoms with Gasteiger partial charge >= 0.3 is 0 Å². The Kier molecular flexibility index (Phi) is 3.06. The highest BCUT2D eigenvalue weighted by Crippen LogP contribution is 2.14. The van der Waals surface area contributed by atoms with Crippen LogP contribution in [0.1, 0.15) is 5.56 Å². The first-order valence-electron chi connectivity index (χ1n) is 3.88. The van der Waals surface area contributed by atoms with Crippen LogP contribution >= 0.6 is 0 Å². The third kappa shape index (κ3) is 2.48. The molecule has 14 heavy (non-hydrogen) atoms. The Labute approximate surface area is 80.9 Å². The van der Waals surface area contributed by atoms with Crippen LogP contribution in [-0.4, -0.2) is 12.0 Å². The summed E-state index contributed by atoms with van der Waals surface area (Å²) >= 11 is 0. The average molecular weight is 194 g/mol. The number of hydrogen-bond donors (Lipinski definition) is 1. The molecular weight excluding hydrogens is 184 g/mol. The first-order valence-corrected chi connectivity index (χ1v) is 3.88. The van der Waals surface area contributed by atoms with Gasteiger partial charge < -0.3 is 10.5 Å². The number of ether oxygens (including phenoxy) is 1. The summed E-state index contributed by atoms with van der Waals surface area (Å²) in [5.74, 6) is 0.683. The Morgan fingerprint density at radius 1 is 1.50 bits per heavy atom. The van der Waals surface area contributed by atoms with E-state index in [0.29, 0.717) is 11.3 Å². The lowest BCUT2D eigenvalue weighted by molar-refractivity contribution is -0.401. The summed E-state index contributed by atoms with van der Waals surface area (Å²) in [6.45, 7) is 0. The number of methoxy groups -OCH3 is 1. The maximum Gasteiger partial charge on any atom is 0.257 e. The van der Waals surface area contributed by atoms with Gasteiger partial charge in [0.25, 0.3) is 6.20 Å². The minimum absolute atomic E-state index is 0.123. The molecule has 0 aliphatic carbocycles. The van der Waals surface area contributed by atoms with Gasteiger partial charge in [-0.2, -0.15) is 0 Å². The van der Waals surface area contributed by atoms with Gasteiger partial charge in [-0.25, -0.2) is 0 Å². The van der Waals surface area contributed by atoms with Gasteiger partial charge in [-0.15, -0.1) is 0 Å². The van der Waals surface area contributed by atoms with Gasteiger partial charge in [0.1, 0.15) is 11.4 Å². The van der Waals surface area contributed by atoms with E-state index in [0.717, 1.165) is 6.20 Å². The largest absolute Gasteiger partial charge is 0.497 e. The molecule has 1 aromatic rings. The first kappa shape index (κ1) is 10.0. The normalized spacial score (nSPS) is 11.1. The molecular formula is C9H10N2O3. The van der Waals surface area contributed by atoms with E-state index < -0.39 is 4.92 Å². The van der Waals surface area contributed by atoms with E-state index >= 15 is 0 Å². The average Bonchev–Trinajstić information content (AvgIpc) is 2.17. The van der Waals surface area contributed by atoms with Crippen molar-refractivity contribution in [2.75, 3.05) is 7.11 Å². The summed E-state index contributed by atoms with van der Waals surface area (Å²) < 4.78 is 4.94. The molecule has 0 bridgehead atoms. The molecule has 0 saturated heterocycles. The van der Waals surface area contributed by atoms with E-state index in [1.165, 1.54) is 0 Å². The molecule has 0 radical (unpaired) electrons. The summed E-state index contributed by atoms with van der Waals surface area (Å²) in [6.07, 6.45) is 0.766. The first-order chi connectivity index (χ1) is 6.63. The molecule has 1 aromatic carbocycles. The minimum Gasteiger partial charge on any atom is -0.497 e. The molecule has 0 atom stereocenters. The van der Waals surface area contributed by atoms with Gasteiger partial charge in [-0.05, 0) is 24.3 Å². The smallest absolute Gasteiger partial charge is 0.257 e. The van der Waals surface area contributed by atoms with E-state index in [9.17, 15) is 10.1 Å². The Balaban J connectivity index is 2.92. The summed E-state index contributed by atoms with van der Waals surface area (Å²) in [5, 5.41) is 10.1. The molecule has 0 unspecified atom stereocenters. The van der Waals surface area contributed by atoms with Crippen LogP contribution in [0, 0.1) is 10.1 Å². The lowest BCUT2D eigenvalue weighted by atomic mass is 10.2. The molecule has 0 amide bonds. The molecule has 2 N–H and O–H groups in total. The lowest BCUT2D eigenvalue weighted by Crippen LogP contribution is -1.99. The zero-order valence-corrected chi connectivity index (χ0v) is 7.64. The molecule has 0 aliphatic heterocycles. The molecule has 74 valence electrons. The predicted molar refractivity (Wildman–Crippen MR) is 52.2 cm³/mol. The highest BCUT2D eigenvalue weighted by molar-refractivity contribution is 5.61. The zero-order chi connectivity index (χ0) is 10.6. The van der Waals surface area contributed by atoms with Crippen molar-refractivity contribution in [2.45, 2.75) is 0 Å². The maximum absolute atomic E-state index is 10.1. The predicted octanol–water partition coefficient (Wildman–Crippen LogP) is 1.23. The number of nitro groups is 1. The van der Waals surface area contributed by atoms with E-state index in [1.54, 1.807) is 31.4 Å². The third-order valence-electron chi connectivity index (χ3n) is 1.67. The van der Waals surface area contributed by atoms with Crippen LogP contribution < -0.4 is 10.5 Å². The number of nitrogens with zero attached hydrogens (tertiary/aromatic N) is 1. The molecule has 0 fully saturated rings. The second-order valence-corrected chi connectivity index (χ2v) is 2.60.